The van der Waals surface area contributed by atoms with Crippen LogP contribution in [0, 0.1) is 0 Å². The quantitative estimate of drug-likeness (QED) is 0.844. The highest BCUT2D eigenvalue weighted by Gasteiger charge is 2.20. The molecule has 2 heteroatoms. The summed E-state index contributed by atoms with van der Waals surface area (Å²) in [6.07, 6.45) is 8.90. The molecule has 1 saturated carbocycles. The molecule has 1 aromatic rings. The van der Waals surface area contributed by atoms with Crippen molar-refractivity contribution in [1.82, 2.24) is 0 Å². The zero-order valence-corrected chi connectivity index (χ0v) is 12.0. The lowest BCUT2D eigenvalue weighted by Crippen LogP contribution is -2.07. The number of aliphatic hydroxyl groups is 1. The standard InChI is InChI=1S/C17H26O2/c1-2-14-11-13(7-6-10-18)12-16(17(14)19)15-8-4-3-5-9-15/h11-12,15,18-19H,2-10H2,1H3. The fourth-order valence-electron chi connectivity index (χ4n) is 3.21. The molecular weight excluding hydrogens is 236 g/mol. The van der Waals surface area contributed by atoms with E-state index in [2.05, 4.69) is 19.1 Å². The van der Waals surface area contributed by atoms with Gasteiger partial charge in [-0.05, 0) is 54.7 Å². The summed E-state index contributed by atoms with van der Waals surface area (Å²) in [6.45, 7) is 2.33. The van der Waals surface area contributed by atoms with Gasteiger partial charge >= 0.3 is 0 Å². The van der Waals surface area contributed by atoms with Crippen LogP contribution in [0.2, 0.25) is 0 Å². The average Bonchev–Trinajstić information content (AvgIpc) is 2.47. The van der Waals surface area contributed by atoms with Crippen LogP contribution in [0.25, 0.3) is 0 Å². The third-order valence-corrected chi connectivity index (χ3v) is 4.33. The Morgan fingerprint density at radius 1 is 1.16 bits per heavy atom. The van der Waals surface area contributed by atoms with E-state index in [1.54, 1.807) is 0 Å². The average molecular weight is 262 g/mol. The van der Waals surface area contributed by atoms with Crippen molar-refractivity contribution in [2.24, 2.45) is 0 Å². The zero-order chi connectivity index (χ0) is 13.7. The fraction of sp³-hybridized carbons (Fsp3) is 0.647. The lowest BCUT2D eigenvalue weighted by atomic mass is 9.82. The molecule has 1 aromatic carbocycles. The highest BCUT2D eigenvalue weighted by atomic mass is 16.3. The first-order valence-electron chi connectivity index (χ1n) is 7.71. The molecule has 2 rings (SSSR count). The van der Waals surface area contributed by atoms with E-state index in [4.69, 9.17) is 5.11 Å². The Bertz CT molecular complexity index is 406. The zero-order valence-electron chi connectivity index (χ0n) is 12.0. The summed E-state index contributed by atoms with van der Waals surface area (Å²) in [7, 11) is 0. The van der Waals surface area contributed by atoms with Crippen molar-refractivity contribution in [2.75, 3.05) is 6.61 Å². The van der Waals surface area contributed by atoms with Crippen molar-refractivity contribution >= 4 is 0 Å². The first-order chi connectivity index (χ1) is 9.26. The van der Waals surface area contributed by atoms with Gasteiger partial charge in [0.25, 0.3) is 0 Å². The second-order valence-electron chi connectivity index (χ2n) is 5.71. The number of hydrogen-bond acceptors (Lipinski definition) is 2. The van der Waals surface area contributed by atoms with Crippen molar-refractivity contribution in [1.29, 1.82) is 0 Å². The van der Waals surface area contributed by atoms with Crippen LogP contribution >= 0.6 is 0 Å². The number of aliphatic hydroxyl groups excluding tert-OH is 1. The fourth-order valence-corrected chi connectivity index (χ4v) is 3.21. The van der Waals surface area contributed by atoms with Crippen LogP contribution in [0.5, 0.6) is 5.75 Å². The molecule has 1 aliphatic carbocycles. The van der Waals surface area contributed by atoms with Crippen LogP contribution in [-0.4, -0.2) is 16.8 Å². The number of phenols is 1. The van der Waals surface area contributed by atoms with E-state index >= 15 is 0 Å². The van der Waals surface area contributed by atoms with Gasteiger partial charge in [0.2, 0.25) is 0 Å². The molecule has 0 unspecified atom stereocenters. The van der Waals surface area contributed by atoms with Crippen molar-refractivity contribution in [3.8, 4) is 5.75 Å². The second kappa shape index (κ2) is 6.95. The third kappa shape index (κ3) is 3.50. The highest BCUT2D eigenvalue weighted by Crippen LogP contribution is 2.39. The Labute approximate surface area is 116 Å². The topological polar surface area (TPSA) is 40.5 Å². The molecule has 0 spiro atoms. The van der Waals surface area contributed by atoms with Crippen LogP contribution in [0.15, 0.2) is 12.1 Å². The lowest BCUT2D eigenvalue weighted by Gasteiger charge is -2.24. The minimum Gasteiger partial charge on any atom is -0.507 e. The van der Waals surface area contributed by atoms with E-state index < -0.39 is 0 Å². The summed E-state index contributed by atoms with van der Waals surface area (Å²) in [5.74, 6) is 1.07. The van der Waals surface area contributed by atoms with E-state index in [-0.39, 0.29) is 6.61 Å². The Balaban J connectivity index is 2.28. The van der Waals surface area contributed by atoms with Crippen molar-refractivity contribution in [2.45, 2.75) is 64.2 Å². The van der Waals surface area contributed by atoms with E-state index in [9.17, 15) is 5.11 Å². The summed E-state index contributed by atoms with van der Waals surface area (Å²) in [6, 6.07) is 4.29. The van der Waals surface area contributed by atoms with Gasteiger partial charge in [-0.2, -0.15) is 0 Å². The first-order valence-corrected chi connectivity index (χ1v) is 7.71. The minimum atomic E-state index is 0.237. The monoisotopic (exact) mass is 262 g/mol. The minimum absolute atomic E-state index is 0.237. The molecule has 2 nitrogen and oxygen atoms in total. The van der Waals surface area contributed by atoms with E-state index in [0.717, 1.165) is 30.4 Å². The number of benzene rings is 1. The summed E-state index contributed by atoms with van der Waals surface area (Å²) in [4.78, 5) is 0. The molecule has 0 bridgehead atoms. The van der Waals surface area contributed by atoms with Crippen molar-refractivity contribution in [3.05, 3.63) is 28.8 Å². The molecule has 1 fully saturated rings. The summed E-state index contributed by atoms with van der Waals surface area (Å²) >= 11 is 0. The van der Waals surface area contributed by atoms with Gasteiger partial charge in [0.05, 0.1) is 0 Å². The maximum absolute atomic E-state index is 10.4. The molecule has 0 aliphatic heterocycles. The molecule has 0 atom stereocenters. The lowest BCUT2D eigenvalue weighted by molar-refractivity contribution is 0.288. The molecule has 0 amide bonds. The molecule has 0 saturated heterocycles. The number of rotatable bonds is 5. The third-order valence-electron chi connectivity index (χ3n) is 4.33. The van der Waals surface area contributed by atoms with Gasteiger partial charge in [0, 0.05) is 6.61 Å². The Morgan fingerprint density at radius 2 is 1.89 bits per heavy atom. The number of hydrogen-bond donors (Lipinski definition) is 2. The molecular formula is C17H26O2. The van der Waals surface area contributed by atoms with Crippen LogP contribution in [0.1, 0.15) is 68.1 Å². The van der Waals surface area contributed by atoms with Gasteiger partial charge in [-0.15, -0.1) is 0 Å². The largest absolute Gasteiger partial charge is 0.507 e. The maximum Gasteiger partial charge on any atom is 0.122 e. The van der Waals surface area contributed by atoms with E-state index in [0.29, 0.717) is 11.7 Å². The highest BCUT2D eigenvalue weighted by molar-refractivity contribution is 5.46. The van der Waals surface area contributed by atoms with Gasteiger partial charge < -0.3 is 10.2 Å². The predicted octanol–water partition coefficient (Wildman–Crippen LogP) is 3.93. The summed E-state index contributed by atoms with van der Waals surface area (Å²) in [5, 5.41) is 19.4. The van der Waals surface area contributed by atoms with Crippen LogP contribution < -0.4 is 0 Å². The smallest absolute Gasteiger partial charge is 0.122 e. The Kier molecular flexibility index (Phi) is 5.26. The van der Waals surface area contributed by atoms with E-state index in [1.165, 1.54) is 37.7 Å². The SMILES string of the molecule is CCc1cc(CCCO)cc(C2CCCCC2)c1O. The van der Waals surface area contributed by atoms with Crippen molar-refractivity contribution in [3.63, 3.8) is 0 Å². The Morgan fingerprint density at radius 3 is 2.53 bits per heavy atom. The first kappa shape index (κ1) is 14.4. The normalized spacial score (nSPS) is 16.7. The van der Waals surface area contributed by atoms with Gasteiger partial charge in [0.15, 0.2) is 0 Å². The summed E-state index contributed by atoms with van der Waals surface area (Å²) < 4.78 is 0. The van der Waals surface area contributed by atoms with Gasteiger partial charge in [-0.1, -0.05) is 38.3 Å². The van der Waals surface area contributed by atoms with Gasteiger partial charge in [-0.3, -0.25) is 0 Å². The van der Waals surface area contributed by atoms with Crippen LogP contribution in [0.4, 0.5) is 0 Å². The molecule has 19 heavy (non-hydrogen) atoms. The van der Waals surface area contributed by atoms with Crippen LogP contribution in [0.3, 0.4) is 0 Å². The molecule has 1 aliphatic rings. The maximum atomic E-state index is 10.4. The number of aromatic hydroxyl groups is 1. The molecule has 0 heterocycles. The Hall–Kier alpha value is -1.02. The molecule has 0 aromatic heterocycles. The molecule has 0 radical (unpaired) electrons. The van der Waals surface area contributed by atoms with Crippen molar-refractivity contribution < 1.29 is 10.2 Å². The molecule has 2 N–H and O–H groups in total. The number of aryl methyl sites for hydroxylation is 2. The molecule has 106 valence electrons. The van der Waals surface area contributed by atoms with E-state index in [1.807, 2.05) is 0 Å². The predicted molar refractivity (Wildman–Crippen MR) is 78.7 cm³/mol. The van der Waals surface area contributed by atoms with Crippen LogP contribution in [-0.2, 0) is 12.8 Å². The summed E-state index contributed by atoms with van der Waals surface area (Å²) in [5.41, 5.74) is 3.49. The van der Waals surface area contributed by atoms with Gasteiger partial charge in [-0.25, -0.2) is 0 Å². The second-order valence-corrected chi connectivity index (χ2v) is 5.71. The number of phenolic OH excluding ortho intramolecular Hbond substituents is 1. The van der Waals surface area contributed by atoms with Gasteiger partial charge in [0.1, 0.15) is 5.75 Å².